The third-order valence-electron chi connectivity index (χ3n) is 8.09. The molecule has 14 nitrogen and oxygen atoms in total. The Morgan fingerprint density at radius 1 is 0.904 bits per heavy atom. The zero-order chi connectivity index (χ0) is 38.9. The Morgan fingerprint density at radius 3 is 2.04 bits per heavy atom. The first-order valence-electron chi connectivity index (χ1n) is 17.0. The number of hydrazone groups is 1. The van der Waals surface area contributed by atoms with Gasteiger partial charge in [0.05, 0.1) is 20.8 Å². The minimum atomic E-state index is -2.72. The molecule has 52 heavy (non-hydrogen) atoms. The van der Waals surface area contributed by atoms with Crippen molar-refractivity contribution in [2.75, 3.05) is 20.3 Å². The van der Waals surface area contributed by atoms with E-state index < -0.39 is 56.2 Å². The molecule has 0 saturated carbocycles. The number of rotatable bonds is 26. The van der Waals surface area contributed by atoms with E-state index in [-0.39, 0.29) is 15.2 Å². The lowest BCUT2D eigenvalue weighted by Gasteiger charge is -2.38. The monoisotopic (exact) mass is 860 g/mol. The molecule has 0 amide bonds. The molecular formula is C31H58N6O8P6S. The van der Waals surface area contributed by atoms with Gasteiger partial charge in [-0.15, -0.1) is 0 Å². The molecule has 0 fully saturated rings. The standard InChI is InChI=1S/C31H58N6O8P6S/c1-7-10-21-31(5,44-28-18-14-26(15-19-28)29(45-51(40)41)37(22-11-8-2)24-42-50(38)39)48(52)36(6)35-23-25-12-16-27(17-13-25)43-30(4,20-9-3)47(33)49(34)46-32/h12-19,23,29,38-41,46,48H,7-11,20-22,24,32-34H2,1-6H3/b35-23+. The molecule has 0 radical (unpaired) electrons. The average molecular weight is 861 g/mol. The molecule has 0 saturated heterocycles. The van der Waals surface area contributed by atoms with Crippen LogP contribution < -0.4 is 26.0 Å². The van der Waals surface area contributed by atoms with E-state index >= 15 is 0 Å². The molecule has 0 spiro atoms. The highest BCUT2D eigenvalue weighted by Crippen LogP contribution is 2.74. The maximum atomic E-state index is 9.74. The summed E-state index contributed by atoms with van der Waals surface area (Å²) in [6.07, 6.45) is 6.78. The van der Waals surface area contributed by atoms with E-state index in [2.05, 4.69) is 13.8 Å². The lowest BCUT2D eigenvalue weighted by Crippen LogP contribution is -2.33. The van der Waals surface area contributed by atoms with Crippen LogP contribution in [0.3, 0.4) is 0 Å². The maximum Gasteiger partial charge on any atom is 0.328 e. The molecule has 2 aromatic carbocycles. The summed E-state index contributed by atoms with van der Waals surface area (Å²) >= 11 is 6.13. The molecule has 0 aliphatic carbocycles. The van der Waals surface area contributed by atoms with Crippen molar-refractivity contribution in [2.24, 2.45) is 21.6 Å². The zero-order valence-electron chi connectivity index (χ0n) is 30.8. The van der Waals surface area contributed by atoms with Crippen LogP contribution in [0.25, 0.3) is 0 Å². The number of unbranched alkanes of at least 4 members (excludes halogenated alkanes) is 2. The largest absolute Gasteiger partial charge is 0.481 e. The molecule has 296 valence electrons. The van der Waals surface area contributed by atoms with Crippen LogP contribution in [0.5, 0.6) is 11.5 Å². The second-order valence-electron chi connectivity index (χ2n) is 12.4. The van der Waals surface area contributed by atoms with E-state index in [1.165, 1.54) is 0 Å². The summed E-state index contributed by atoms with van der Waals surface area (Å²) in [4.78, 5) is 39.8. The van der Waals surface area contributed by atoms with Crippen molar-refractivity contribution in [3.63, 3.8) is 0 Å². The number of hydrogen-bond acceptors (Lipinski definition) is 14. The number of nitrogens with two attached hydrogens (primary N) is 3. The first kappa shape index (κ1) is 48.1. The van der Waals surface area contributed by atoms with Gasteiger partial charge < -0.3 is 45.6 Å². The first-order valence-corrected chi connectivity index (χ1v) is 27.3. The summed E-state index contributed by atoms with van der Waals surface area (Å²) in [5.74, 6) is 1.30. The Bertz CT molecular complexity index is 1360. The number of benzene rings is 2. The quantitative estimate of drug-likeness (QED) is 0.0206. The highest BCUT2D eigenvalue weighted by molar-refractivity contribution is 8.55. The van der Waals surface area contributed by atoms with Crippen molar-refractivity contribution in [1.29, 1.82) is 0 Å². The van der Waals surface area contributed by atoms with Crippen molar-refractivity contribution in [2.45, 2.75) is 96.5 Å². The van der Waals surface area contributed by atoms with Gasteiger partial charge >= 0.3 is 17.2 Å². The van der Waals surface area contributed by atoms with E-state index in [0.717, 1.165) is 50.5 Å². The average Bonchev–Trinajstić information content (AvgIpc) is 3.12. The van der Waals surface area contributed by atoms with E-state index in [9.17, 15) is 19.6 Å². The summed E-state index contributed by atoms with van der Waals surface area (Å²) in [5.41, 5.74) is 20.2. The molecule has 0 bridgehead atoms. The van der Waals surface area contributed by atoms with Crippen LogP contribution >= 0.6 is 47.7 Å². The predicted octanol–water partition coefficient (Wildman–Crippen LogP) is 8.03. The minimum Gasteiger partial charge on any atom is -0.481 e. The van der Waals surface area contributed by atoms with E-state index in [1.54, 1.807) is 35.4 Å². The summed E-state index contributed by atoms with van der Waals surface area (Å²) in [5, 5.41) is 3.45. The summed E-state index contributed by atoms with van der Waals surface area (Å²) in [7, 11) is -5.39. The van der Waals surface area contributed by atoms with E-state index in [0.29, 0.717) is 23.6 Å². The molecule has 7 atom stereocenters. The Labute approximate surface area is 321 Å². The van der Waals surface area contributed by atoms with Crippen molar-refractivity contribution in [1.82, 2.24) is 9.68 Å². The second-order valence-corrected chi connectivity index (χ2v) is 25.9. The van der Waals surface area contributed by atoms with Crippen LogP contribution in [-0.2, 0) is 20.9 Å². The number of nitrogens with zero attached hydrogens (tertiary/aromatic N) is 3. The van der Waals surface area contributed by atoms with Crippen LogP contribution in [0.2, 0.25) is 0 Å². The highest BCUT2D eigenvalue weighted by atomic mass is 32.5. The molecule has 0 aliphatic heterocycles. The van der Waals surface area contributed by atoms with Gasteiger partial charge in [0, 0.05) is 21.0 Å². The van der Waals surface area contributed by atoms with E-state index in [4.69, 9.17) is 51.9 Å². The fourth-order valence-electron chi connectivity index (χ4n) is 5.23. The Hall–Kier alpha value is -0.0900. The molecule has 21 heteroatoms. The van der Waals surface area contributed by atoms with Gasteiger partial charge in [-0.1, -0.05) is 64.0 Å². The van der Waals surface area contributed by atoms with Crippen LogP contribution in [0.1, 0.15) is 96.9 Å². The topological polar surface area (TPSA) is 215 Å². The summed E-state index contributed by atoms with van der Waals surface area (Å²) in [6.45, 7) is 8.77. The van der Waals surface area contributed by atoms with Crippen LogP contribution in [0.4, 0.5) is 0 Å². The normalized spacial score (nSPS) is 17.1. The second kappa shape index (κ2) is 24.5. The van der Waals surface area contributed by atoms with Gasteiger partial charge in [0.15, 0.2) is 0 Å². The van der Waals surface area contributed by atoms with Crippen LogP contribution in [-0.4, -0.2) is 66.5 Å². The van der Waals surface area contributed by atoms with E-state index in [1.807, 2.05) is 56.9 Å². The van der Waals surface area contributed by atoms with Crippen molar-refractivity contribution in [3.05, 3.63) is 59.7 Å². The molecule has 2 rings (SSSR count). The maximum absolute atomic E-state index is 9.74. The van der Waals surface area contributed by atoms with Crippen molar-refractivity contribution in [3.8, 4) is 11.5 Å². The van der Waals surface area contributed by atoms with Crippen molar-refractivity contribution >= 4 is 65.7 Å². The molecular weight excluding hydrogens is 802 g/mol. The lowest BCUT2D eigenvalue weighted by atomic mass is 10.1. The molecule has 0 heterocycles. The third kappa shape index (κ3) is 15.8. The SMILES string of the molecule is CCCCN(COP(O)O)C(OP(O)O)c1ccc(OC(C)(CCCC)[PH](=S)N(C)/N=C/c2ccc(OC(C)(CCC)P(N)P(N)PN)cc2)cc1. The van der Waals surface area contributed by atoms with Gasteiger partial charge in [-0.25, -0.2) is 0 Å². The smallest absolute Gasteiger partial charge is 0.328 e. The lowest BCUT2D eigenvalue weighted by molar-refractivity contribution is -0.0321. The summed E-state index contributed by atoms with van der Waals surface area (Å²) < 4.78 is 25.4. The highest BCUT2D eigenvalue weighted by Gasteiger charge is 2.37. The predicted molar refractivity (Wildman–Crippen MR) is 225 cm³/mol. The molecule has 0 aromatic heterocycles. The van der Waals surface area contributed by atoms with Crippen LogP contribution in [0.15, 0.2) is 53.6 Å². The van der Waals surface area contributed by atoms with Gasteiger partial charge in [0.1, 0.15) is 35.1 Å². The summed E-state index contributed by atoms with van der Waals surface area (Å²) in [6, 6.07) is 14.8. The van der Waals surface area contributed by atoms with Gasteiger partial charge in [-0.2, -0.15) is 5.10 Å². The fraction of sp³-hybridized carbons (Fsp3) is 0.581. The Kier molecular flexibility index (Phi) is 22.7. The van der Waals surface area contributed by atoms with Crippen molar-refractivity contribution < 1.29 is 38.1 Å². The zero-order valence-corrected chi connectivity index (χ0v) is 37.2. The van der Waals surface area contributed by atoms with Gasteiger partial charge in [-0.05, 0) is 95.5 Å². The first-order chi connectivity index (χ1) is 24.6. The molecule has 10 N–H and O–H groups in total. The number of ether oxygens (including phenoxy) is 2. The number of hydrogen-bond donors (Lipinski definition) is 7. The fourth-order valence-corrected chi connectivity index (χ4v) is 14.3. The Balaban J connectivity index is 2.24. The molecule has 0 aliphatic rings. The van der Waals surface area contributed by atoms with Crippen LogP contribution in [0, 0.1) is 0 Å². The minimum absolute atomic E-state index is 0.118. The molecule has 7 unspecified atom stereocenters. The van der Waals surface area contributed by atoms with Gasteiger partial charge in [0.2, 0.25) is 0 Å². The molecule has 2 aromatic rings. The van der Waals surface area contributed by atoms with Gasteiger partial charge in [0.25, 0.3) is 0 Å². The Morgan fingerprint density at radius 2 is 1.50 bits per heavy atom. The third-order valence-corrected chi connectivity index (χ3v) is 21.3. The van der Waals surface area contributed by atoms with Gasteiger partial charge in [-0.3, -0.25) is 18.7 Å².